The highest BCUT2D eigenvalue weighted by molar-refractivity contribution is 6.31. The lowest BCUT2D eigenvalue weighted by Crippen LogP contribution is -2.23. The Morgan fingerprint density at radius 1 is 1.11 bits per heavy atom. The Morgan fingerprint density at radius 3 is 2.62 bits per heavy atom. The van der Waals surface area contributed by atoms with Gasteiger partial charge in [0.2, 0.25) is 0 Å². The number of nitriles is 1. The smallest absolute Gasteiger partial charge is 0.274 e. The van der Waals surface area contributed by atoms with E-state index >= 15 is 0 Å². The molecule has 0 radical (unpaired) electrons. The molecule has 0 bridgehead atoms. The van der Waals surface area contributed by atoms with Crippen molar-refractivity contribution in [1.29, 1.82) is 5.26 Å². The molecule has 4 aromatic rings. The van der Waals surface area contributed by atoms with Crippen LogP contribution in [0, 0.1) is 25.2 Å². The molecule has 0 unspecified atom stereocenters. The van der Waals surface area contributed by atoms with Crippen LogP contribution >= 0.6 is 11.6 Å². The summed E-state index contributed by atoms with van der Waals surface area (Å²) >= 11 is 6.68. The molecule has 1 aliphatic carbocycles. The first-order chi connectivity index (χ1) is 17.6. The number of aromatic nitrogens is 5. The molecular weight excluding hydrogens is 488 g/mol. The van der Waals surface area contributed by atoms with E-state index in [1.807, 2.05) is 26.0 Å². The number of aliphatic hydroxyl groups is 1. The number of nitrogens with zero attached hydrogens (tertiary/aromatic N) is 6. The van der Waals surface area contributed by atoms with Crippen molar-refractivity contribution in [3.05, 3.63) is 98.2 Å². The van der Waals surface area contributed by atoms with Gasteiger partial charge in [0.1, 0.15) is 16.7 Å². The Labute approximate surface area is 219 Å². The monoisotopic (exact) mass is 512 g/mol. The molecule has 1 fully saturated rings. The summed E-state index contributed by atoms with van der Waals surface area (Å²) < 4.78 is 1.60. The SMILES string of the molecule is Cc1cnc(-c2ccnc(C(C)(C)O)n2)cc1-n1c(C)cc([C@H]2C[C@@H]2c2cncc(C#N)c2)c(Cl)c1=O. The minimum atomic E-state index is -1.20. The molecule has 0 aromatic carbocycles. The molecule has 186 valence electrons. The van der Waals surface area contributed by atoms with E-state index in [-0.39, 0.29) is 28.2 Å². The molecule has 9 heteroatoms. The van der Waals surface area contributed by atoms with Crippen LogP contribution < -0.4 is 5.56 Å². The van der Waals surface area contributed by atoms with Gasteiger partial charge >= 0.3 is 0 Å². The second-order valence-electron chi connectivity index (χ2n) is 9.94. The van der Waals surface area contributed by atoms with Crippen LogP contribution in [0.2, 0.25) is 5.02 Å². The summed E-state index contributed by atoms with van der Waals surface area (Å²) in [5.74, 6) is 0.550. The molecule has 0 amide bonds. The van der Waals surface area contributed by atoms with E-state index in [9.17, 15) is 15.2 Å². The number of hydrogen-bond donors (Lipinski definition) is 1. The Morgan fingerprint density at radius 2 is 1.89 bits per heavy atom. The first-order valence-corrected chi connectivity index (χ1v) is 12.3. The van der Waals surface area contributed by atoms with Crippen molar-refractivity contribution in [3.63, 3.8) is 0 Å². The Kier molecular flexibility index (Phi) is 6.14. The second kappa shape index (κ2) is 9.18. The summed E-state index contributed by atoms with van der Waals surface area (Å²) in [6.45, 7) is 7.00. The molecule has 37 heavy (non-hydrogen) atoms. The lowest BCUT2D eigenvalue weighted by Gasteiger charge is -2.17. The van der Waals surface area contributed by atoms with Gasteiger partial charge in [-0.3, -0.25) is 19.3 Å². The average Bonchev–Trinajstić information content (AvgIpc) is 3.68. The number of hydrogen-bond acceptors (Lipinski definition) is 7. The van der Waals surface area contributed by atoms with Gasteiger partial charge in [0.25, 0.3) is 5.56 Å². The number of halogens is 1. The van der Waals surface area contributed by atoms with Crippen molar-refractivity contribution in [1.82, 2.24) is 24.5 Å². The van der Waals surface area contributed by atoms with Gasteiger partial charge < -0.3 is 5.11 Å². The summed E-state index contributed by atoms with van der Waals surface area (Å²) in [4.78, 5) is 30.9. The maximum Gasteiger partial charge on any atom is 0.274 e. The summed E-state index contributed by atoms with van der Waals surface area (Å²) in [5.41, 5.74) is 4.10. The fraction of sp³-hybridized carbons (Fsp3) is 0.286. The molecule has 8 nitrogen and oxygen atoms in total. The fourth-order valence-electron chi connectivity index (χ4n) is 4.62. The van der Waals surface area contributed by atoms with E-state index in [1.165, 1.54) is 6.20 Å². The van der Waals surface area contributed by atoms with E-state index in [0.717, 1.165) is 28.8 Å². The number of rotatable bonds is 5. The molecule has 2 atom stereocenters. The third-order valence-electron chi connectivity index (χ3n) is 6.65. The first kappa shape index (κ1) is 24.8. The van der Waals surface area contributed by atoms with Crippen LogP contribution in [0.1, 0.15) is 65.9 Å². The van der Waals surface area contributed by atoms with E-state index in [2.05, 4.69) is 26.0 Å². The summed E-state index contributed by atoms with van der Waals surface area (Å²) in [6.07, 6.45) is 7.42. The molecule has 5 rings (SSSR count). The maximum atomic E-state index is 13.6. The molecule has 4 aromatic heterocycles. The molecule has 1 saturated carbocycles. The highest BCUT2D eigenvalue weighted by Gasteiger charge is 2.42. The van der Waals surface area contributed by atoms with Crippen LogP contribution in [0.5, 0.6) is 0 Å². The van der Waals surface area contributed by atoms with Crippen LogP contribution in [-0.2, 0) is 5.60 Å². The third-order valence-corrected chi connectivity index (χ3v) is 7.03. The van der Waals surface area contributed by atoms with Gasteiger partial charge in [-0.25, -0.2) is 9.97 Å². The normalized spacial score (nSPS) is 16.9. The van der Waals surface area contributed by atoms with Crippen molar-refractivity contribution in [2.24, 2.45) is 0 Å². The topological polar surface area (TPSA) is 118 Å². The van der Waals surface area contributed by atoms with Crippen LogP contribution in [-0.4, -0.2) is 29.6 Å². The number of pyridine rings is 3. The Hall–Kier alpha value is -3.93. The standard InChI is InChI=1S/C28H25ClN6O2/c1-15-12-33-23(22-5-6-32-27(34-22)28(3,4)37)10-24(15)35-16(2)7-21(25(29)26(35)36)20-9-19(20)18-8-17(11-30)13-31-14-18/h5-8,10,12-14,19-20,37H,9H2,1-4H3/t19-,20+/m1/s1. The van der Waals surface area contributed by atoms with Crippen molar-refractivity contribution in [2.45, 2.75) is 51.6 Å². The third kappa shape index (κ3) is 4.64. The van der Waals surface area contributed by atoms with Gasteiger partial charge in [0, 0.05) is 30.5 Å². The summed E-state index contributed by atoms with van der Waals surface area (Å²) in [7, 11) is 0. The number of aryl methyl sites for hydroxylation is 2. The average molecular weight is 513 g/mol. The lowest BCUT2D eigenvalue weighted by molar-refractivity contribution is 0.0688. The Balaban J connectivity index is 1.53. The van der Waals surface area contributed by atoms with E-state index < -0.39 is 5.60 Å². The van der Waals surface area contributed by atoms with E-state index in [1.54, 1.807) is 49.1 Å². The largest absolute Gasteiger partial charge is 0.382 e. The molecule has 4 heterocycles. The zero-order chi connectivity index (χ0) is 26.5. The molecule has 0 saturated heterocycles. The molecular formula is C28H25ClN6O2. The predicted octanol–water partition coefficient (Wildman–Crippen LogP) is 4.72. The highest BCUT2D eigenvalue weighted by atomic mass is 35.5. The van der Waals surface area contributed by atoms with Gasteiger partial charge in [-0.15, -0.1) is 0 Å². The van der Waals surface area contributed by atoms with Gasteiger partial charge in [-0.05, 0) is 86.9 Å². The summed E-state index contributed by atoms with van der Waals surface area (Å²) in [6, 6.07) is 9.45. The molecule has 1 aliphatic rings. The van der Waals surface area contributed by atoms with Crippen molar-refractivity contribution in [2.75, 3.05) is 0 Å². The quantitative estimate of drug-likeness (QED) is 0.411. The minimum Gasteiger partial charge on any atom is -0.382 e. The zero-order valence-electron chi connectivity index (χ0n) is 20.9. The van der Waals surface area contributed by atoms with E-state index in [0.29, 0.717) is 22.6 Å². The van der Waals surface area contributed by atoms with Gasteiger partial charge in [-0.2, -0.15) is 5.26 Å². The van der Waals surface area contributed by atoms with Crippen LogP contribution in [0.3, 0.4) is 0 Å². The van der Waals surface area contributed by atoms with Crippen LogP contribution in [0.15, 0.2) is 53.8 Å². The molecule has 0 spiro atoms. The van der Waals surface area contributed by atoms with Gasteiger partial charge in [0.05, 0.1) is 22.6 Å². The predicted molar refractivity (Wildman–Crippen MR) is 140 cm³/mol. The van der Waals surface area contributed by atoms with Gasteiger partial charge in [0.15, 0.2) is 5.82 Å². The Bertz CT molecular complexity index is 1630. The van der Waals surface area contributed by atoms with Crippen LogP contribution in [0.4, 0.5) is 0 Å². The van der Waals surface area contributed by atoms with Crippen molar-refractivity contribution >= 4 is 11.6 Å². The lowest BCUT2D eigenvalue weighted by atomic mass is 10.0. The molecule has 0 aliphatic heterocycles. The zero-order valence-corrected chi connectivity index (χ0v) is 21.7. The fourth-order valence-corrected chi connectivity index (χ4v) is 4.90. The van der Waals surface area contributed by atoms with Gasteiger partial charge in [-0.1, -0.05) is 11.6 Å². The maximum absolute atomic E-state index is 13.6. The van der Waals surface area contributed by atoms with Crippen molar-refractivity contribution < 1.29 is 5.11 Å². The van der Waals surface area contributed by atoms with Crippen molar-refractivity contribution in [3.8, 4) is 23.1 Å². The first-order valence-electron chi connectivity index (χ1n) is 11.9. The molecule has 1 N–H and O–H groups in total. The second-order valence-corrected chi connectivity index (χ2v) is 10.3. The minimum absolute atomic E-state index is 0.0969. The van der Waals surface area contributed by atoms with E-state index in [4.69, 9.17) is 11.6 Å². The highest BCUT2D eigenvalue weighted by Crippen LogP contribution is 2.55. The van der Waals surface area contributed by atoms with Crippen LogP contribution in [0.25, 0.3) is 17.1 Å². The summed E-state index contributed by atoms with van der Waals surface area (Å²) in [5, 5.41) is 19.7.